The molecule has 3 aliphatic rings. The molecule has 2 atom stereocenters. The van der Waals surface area contributed by atoms with Gasteiger partial charge in [-0.05, 0) is 18.9 Å². The first-order valence-electron chi connectivity index (χ1n) is 7.03. The van der Waals surface area contributed by atoms with Crippen molar-refractivity contribution >= 4 is 22.6 Å². The van der Waals surface area contributed by atoms with Gasteiger partial charge in [-0.15, -0.1) is 0 Å². The van der Waals surface area contributed by atoms with E-state index in [1.165, 1.54) is 17.8 Å². The Balaban J connectivity index is 1.90. The van der Waals surface area contributed by atoms with Crippen LogP contribution in [0.2, 0.25) is 0 Å². The van der Waals surface area contributed by atoms with E-state index in [0.717, 1.165) is 25.0 Å². The summed E-state index contributed by atoms with van der Waals surface area (Å²) in [6.07, 6.45) is 1.85. The molecule has 116 valence electrons. The molecule has 2 heterocycles. The predicted molar refractivity (Wildman–Crippen MR) is 80.2 cm³/mol. The average Bonchev–Trinajstić information content (AvgIpc) is 3.18. The van der Waals surface area contributed by atoms with Crippen molar-refractivity contribution in [3.05, 3.63) is 39.7 Å². The smallest absolute Gasteiger partial charge is 0.270 e. The number of fused-ring (bicyclic) bond motifs is 2. The zero-order valence-electron chi connectivity index (χ0n) is 11.6. The fraction of sp³-hybridized carbons (Fsp3) is 0.500. The maximum Gasteiger partial charge on any atom is 0.270 e. The summed E-state index contributed by atoms with van der Waals surface area (Å²) in [4.78, 5) is 15.0. The average molecular weight is 323 g/mol. The van der Waals surface area contributed by atoms with Gasteiger partial charge in [-0.3, -0.25) is 10.1 Å². The van der Waals surface area contributed by atoms with Crippen molar-refractivity contribution in [3.8, 4) is 0 Å². The second-order valence-corrected chi connectivity index (χ2v) is 7.05. The molecule has 1 aliphatic carbocycles. The molecule has 4 rings (SSSR count). The summed E-state index contributed by atoms with van der Waals surface area (Å²) in [5, 5.41) is 11.4. The van der Waals surface area contributed by atoms with Crippen LogP contribution in [-0.2, 0) is 10.3 Å². The highest BCUT2D eigenvalue weighted by Crippen LogP contribution is 2.61. The number of non-ortho nitro benzene ring substituents is 1. The maximum atomic E-state index is 14.5. The lowest BCUT2D eigenvalue weighted by molar-refractivity contribution is -0.385. The standard InChI is InChI=1S/C14H14FN3O3S/c15-10-2-1-8(18(19)20)5-9(10)14-7-21-13(3-4-13)11(14)6-22-12(16)17-14/h1-2,5,11H,3-4,6-7H2,(H2,16,17)/t11-,14-/m1/s1. The highest BCUT2D eigenvalue weighted by molar-refractivity contribution is 8.13. The van der Waals surface area contributed by atoms with E-state index in [4.69, 9.17) is 10.5 Å². The van der Waals surface area contributed by atoms with E-state index in [-0.39, 0.29) is 29.4 Å². The molecule has 1 spiro atoms. The molecule has 0 unspecified atom stereocenters. The molecular formula is C14H14FN3O3S. The minimum absolute atomic E-state index is 0.00574. The largest absolute Gasteiger partial charge is 0.379 e. The number of nitrogens with two attached hydrogens (primary N) is 1. The summed E-state index contributed by atoms with van der Waals surface area (Å²) >= 11 is 1.44. The van der Waals surface area contributed by atoms with Crippen LogP contribution in [0.3, 0.4) is 0 Å². The van der Waals surface area contributed by atoms with Crippen molar-refractivity contribution in [3.63, 3.8) is 0 Å². The lowest BCUT2D eigenvalue weighted by Crippen LogP contribution is -2.43. The Hall–Kier alpha value is -1.67. The highest BCUT2D eigenvalue weighted by Gasteiger charge is 2.66. The third-order valence-corrected chi connectivity index (χ3v) is 5.76. The fourth-order valence-corrected chi connectivity index (χ4v) is 4.73. The molecular weight excluding hydrogens is 309 g/mol. The van der Waals surface area contributed by atoms with Gasteiger partial charge in [0.1, 0.15) is 11.4 Å². The molecule has 2 aliphatic heterocycles. The number of ether oxygens (including phenoxy) is 1. The van der Waals surface area contributed by atoms with Crippen molar-refractivity contribution in [2.24, 2.45) is 16.6 Å². The maximum absolute atomic E-state index is 14.5. The monoisotopic (exact) mass is 323 g/mol. The molecule has 1 saturated heterocycles. The predicted octanol–water partition coefficient (Wildman–Crippen LogP) is 2.17. The molecule has 0 aromatic heterocycles. The number of halogens is 1. The van der Waals surface area contributed by atoms with Crippen molar-refractivity contribution in [2.75, 3.05) is 12.4 Å². The quantitative estimate of drug-likeness (QED) is 0.665. The van der Waals surface area contributed by atoms with Crippen LogP contribution in [-0.4, -0.2) is 28.1 Å². The first kappa shape index (κ1) is 14.0. The van der Waals surface area contributed by atoms with Crippen LogP contribution >= 0.6 is 11.8 Å². The van der Waals surface area contributed by atoms with Gasteiger partial charge in [0.25, 0.3) is 5.69 Å². The Kier molecular flexibility index (Phi) is 2.80. The van der Waals surface area contributed by atoms with Gasteiger partial charge in [0.2, 0.25) is 0 Å². The molecule has 1 aromatic rings. The summed E-state index contributed by atoms with van der Waals surface area (Å²) in [5.41, 5.74) is 4.75. The Labute approximate surface area is 130 Å². The van der Waals surface area contributed by atoms with E-state index >= 15 is 0 Å². The first-order chi connectivity index (χ1) is 10.5. The van der Waals surface area contributed by atoms with Gasteiger partial charge in [0, 0.05) is 29.4 Å². The van der Waals surface area contributed by atoms with Crippen LogP contribution in [0.15, 0.2) is 23.2 Å². The second kappa shape index (κ2) is 4.42. The summed E-state index contributed by atoms with van der Waals surface area (Å²) in [5.74, 6) is 0.187. The van der Waals surface area contributed by atoms with Crippen molar-refractivity contribution in [1.82, 2.24) is 0 Å². The number of hydrogen-bond acceptors (Lipinski definition) is 6. The lowest BCUT2D eigenvalue weighted by Gasteiger charge is -2.35. The van der Waals surface area contributed by atoms with Crippen molar-refractivity contribution < 1.29 is 14.1 Å². The van der Waals surface area contributed by atoms with E-state index < -0.39 is 16.3 Å². The van der Waals surface area contributed by atoms with Crippen molar-refractivity contribution in [1.29, 1.82) is 0 Å². The number of amidine groups is 1. The number of benzene rings is 1. The third kappa shape index (κ3) is 1.80. The fourth-order valence-electron chi connectivity index (χ4n) is 3.59. The van der Waals surface area contributed by atoms with E-state index in [1.807, 2.05) is 0 Å². The molecule has 1 saturated carbocycles. The van der Waals surface area contributed by atoms with E-state index in [1.54, 1.807) is 0 Å². The number of nitro benzene ring substituents is 1. The molecule has 0 radical (unpaired) electrons. The molecule has 0 bridgehead atoms. The van der Waals surface area contributed by atoms with Crippen LogP contribution in [0.4, 0.5) is 10.1 Å². The van der Waals surface area contributed by atoms with Crippen LogP contribution in [0.25, 0.3) is 0 Å². The Morgan fingerprint density at radius 1 is 1.50 bits per heavy atom. The molecule has 2 fully saturated rings. The minimum Gasteiger partial charge on any atom is -0.379 e. The van der Waals surface area contributed by atoms with Gasteiger partial charge >= 0.3 is 0 Å². The Morgan fingerprint density at radius 3 is 2.95 bits per heavy atom. The van der Waals surface area contributed by atoms with Gasteiger partial charge < -0.3 is 10.5 Å². The number of nitrogens with zero attached hydrogens (tertiary/aromatic N) is 2. The highest BCUT2D eigenvalue weighted by atomic mass is 32.2. The summed E-state index contributed by atoms with van der Waals surface area (Å²) in [7, 11) is 0. The first-order valence-corrected chi connectivity index (χ1v) is 8.02. The van der Waals surface area contributed by atoms with E-state index in [2.05, 4.69) is 4.99 Å². The lowest BCUT2D eigenvalue weighted by atomic mass is 9.77. The Bertz CT molecular complexity index is 707. The third-order valence-electron chi connectivity index (χ3n) is 4.87. The SMILES string of the molecule is NC1=N[C@@]2(c3cc([N+](=O)[O-])ccc3F)COC3(CC3)[C@H]2CS1. The number of hydrogen-bond donors (Lipinski definition) is 1. The van der Waals surface area contributed by atoms with Gasteiger partial charge in [0.05, 0.1) is 17.1 Å². The summed E-state index contributed by atoms with van der Waals surface area (Å²) in [6.45, 7) is 0.219. The number of rotatable bonds is 2. The normalized spacial score (nSPS) is 31.7. The van der Waals surface area contributed by atoms with Gasteiger partial charge in [-0.1, -0.05) is 11.8 Å². The Morgan fingerprint density at radius 2 is 2.27 bits per heavy atom. The van der Waals surface area contributed by atoms with Crippen LogP contribution in [0.5, 0.6) is 0 Å². The topological polar surface area (TPSA) is 90.8 Å². The number of thioether (sulfide) groups is 1. The zero-order valence-corrected chi connectivity index (χ0v) is 12.4. The zero-order chi connectivity index (χ0) is 15.5. The van der Waals surface area contributed by atoms with Gasteiger partial charge in [-0.2, -0.15) is 0 Å². The molecule has 6 nitrogen and oxygen atoms in total. The minimum atomic E-state index is -0.943. The van der Waals surface area contributed by atoms with Gasteiger partial charge in [-0.25, -0.2) is 9.38 Å². The molecule has 0 amide bonds. The summed E-state index contributed by atoms with van der Waals surface area (Å²) < 4.78 is 20.4. The van der Waals surface area contributed by atoms with Crippen LogP contribution in [0, 0.1) is 21.8 Å². The second-order valence-electron chi connectivity index (χ2n) is 6.01. The van der Waals surface area contributed by atoms with Gasteiger partial charge in [0.15, 0.2) is 5.17 Å². The van der Waals surface area contributed by atoms with E-state index in [0.29, 0.717) is 10.9 Å². The van der Waals surface area contributed by atoms with Crippen LogP contribution in [0.1, 0.15) is 18.4 Å². The van der Waals surface area contributed by atoms with E-state index in [9.17, 15) is 14.5 Å². The van der Waals surface area contributed by atoms with Crippen molar-refractivity contribution in [2.45, 2.75) is 24.0 Å². The van der Waals surface area contributed by atoms with Crippen LogP contribution < -0.4 is 5.73 Å². The number of aliphatic imine (C=N–C) groups is 1. The number of nitro groups is 1. The molecule has 1 aromatic carbocycles. The molecule has 2 N–H and O–H groups in total. The summed E-state index contributed by atoms with van der Waals surface area (Å²) in [6, 6.07) is 3.57. The molecule has 22 heavy (non-hydrogen) atoms. The molecule has 8 heteroatoms.